The van der Waals surface area contributed by atoms with Crippen molar-refractivity contribution in [3.05, 3.63) is 35.4 Å². The molecule has 1 atom stereocenters. The quantitative estimate of drug-likeness (QED) is 0.777. The Morgan fingerprint density at radius 2 is 1.63 bits per heavy atom. The number of carbonyl (C=O) groups excluding carboxylic acids is 2. The summed E-state index contributed by atoms with van der Waals surface area (Å²) in [7, 11) is 0. The minimum Gasteiger partial charge on any atom is -0.444 e. The maximum atomic E-state index is 13.1. The Bertz CT molecular complexity index is 670. The average molecular weight is 373 g/mol. The van der Waals surface area contributed by atoms with Crippen LogP contribution in [0.15, 0.2) is 24.3 Å². The second-order valence-electron chi connectivity index (χ2n) is 8.84. The Labute approximate surface area is 162 Å². The number of hydrogen-bond donors (Lipinski definition) is 0. The van der Waals surface area contributed by atoms with Gasteiger partial charge < -0.3 is 14.5 Å². The van der Waals surface area contributed by atoms with Gasteiger partial charge in [0.2, 0.25) is 5.91 Å². The van der Waals surface area contributed by atoms with Crippen LogP contribution >= 0.6 is 0 Å². The normalized spacial score (nSPS) is 21.4. The molecule has 2 aliphatic rings. The fraction of sp³-hybridized carbons (Fsp3) is 0.636. The lowest BCUT2D eigenvalue weighted by Gasteiger charge is -2.35. The van der Waals surface area contributed by atoms with Crippen LogP contribution in [-0.4, -0.2) is 47.0 Å². The Hall–Kier alpha value is -2.04. The molecule has 0 aliphatic carbocycles. The molecule has 2 amide bonds. The van der Waals surface area contributed by atoms with Gasteiger partial charge in [-0.05, 0) is 58.9 Å². The molecule has 2 aliphatic heterocycles. The highest BCUT2D eigenvalue weighted by molar-refractivity contribution is 5.80. The SMILES string of the molecule is Cc1ccc(C2CCCN2C(=O)C2CCN(C(=O)OC(C)(C)C)CC2)cc1. The first-order valence-electron chi connectivity index (χ1n) is 10.1. The zero-order valence-corrected chi connectivity index (χ0v) is 17.0. The third-order valence-corrected chi connectivity index (χ3v) is 5.49. The van der Waals surface area contributed by atoms with E-state index in [1.165, 1.54) is 11.1 Å². The highest BCUT2D eigenvalue weighted by Crippen LogP contribution is 2.34. The van der Waals surface area contributed by atoms with Crippen molar-refractivity contribution in [3.8, 4) is 0 Å². The topological polar surface area (TPSA) is 49.9 Å². The van der Waals surface area contributed by atoms with Gasteiger partial charge in [0, 0.05) is 25.6 Å². The number of aryl methyl sites for hydroxylation is 1. The van der Waals surface area contributed by atoms with Gasteiger partial charge in [-0.3, -0.25) is 4.79 Å². The van der Waals surface area contributed by atoms with Gasteiger partial charge in [-0.15, -0.1) is 0 Å². The van der Waals surface area contributed by atoms with Crippen LogP contribution in [0.25, 0.3) is 0 Å². The van der Waals surface area contributed by atoms with E-state index >= 15 is 0 Å². The standard InChI is InChI=1S/C22H32N2O3/c1-16-7-9-17(10-8-16)19-6-5-13-24(19)20(25)18-11-14-23(15-12-18)21(26)27-22(2,3)4/h7-10,18-19H,5-6,11-15H2,1-4H3. The van der Waals surface area contributed by atoms with Crippen molar-refractivity contribution < 1.29 is 14.3 Å². The Balaban J connectivity index is 1.58. The van der Waals surface area contributed by atoms with E-state index in [4.69, 9.17) is 4.74 Å². The molecule has 148 valence electrons. The molecule has 2 heterocycles. The molecule has 5 nitrogen and oxygen atoms in total. The van der Waals surface area contributed by atoms with E-state index in [1.807, 2.05) is 20.8 Å². The third-order valence-electron chi connectivity index (χ3n) is 5.49. The second-order valence-corrected chi connectivity index (χ2v) is 8.84. The maximum absolute atomic E-state index is 13.1. The Morgan fingerprint density at radius 3 is 2.22 bits per heavy atom. The number of likely N-dealkylation sites (tertiary alicyclic amines) is 2. The number of amides is 2. The highest BCUT2D eigenvalue weighted by atomic mass is 16.6. The molecule has 2 fully saturated rings. The molecule has 2 saturated heterocycles. The van der Waals surface area contributed by atoms with Crippen LogP contribution in [0, 0.1) is 12.8 Å². The fourth-order valence-electron chi connectivity index (χ4n) is 4.04. The summed E-state index contributed by atoms with van der Waals surface area (Å²) in [5.41, 5.74) is 1.99. The highest BCUT2D eigenvalue weighted by Gasteiger charge is 2.36. The fourth-order valence-corrected chi connectivity index (χ4v) is 4.04. The first-order valence-corrected chi connectivity index (χ1v) is 10.1. The first-order chi connectivity index (χ1) is 12.7. The summed E-state index contributed by atoms with van der Waals surface area (Å²) in [6.07, 6.45) is 3.25. The maximum Gasteiger partial charge on any atom is 0.410 e. The van der Waals surface area contributed by atoms with Crippen molar-refractivity contribution in [1.82, 2.24) is 9.80 Å². The number of benzene rings is 1. The predicted molar refractivity (Wildman–Crippen MR) is 105 cm³/mol. The van der Waals surface area contributed by atoms with Crippen LogP contribution in [0.3, 0.4) is 0 Å². The van der Waals surface area contributed by atoms with Crippen LogP contribution in [0.5, 0.6) is 0 Å². The van der Waals surface area contributed by atoms with Crippen LogP contribution in [0.4, 0.5) is 4.79 Å². The van der Waals surface area contributed by atoms with Crippen LogP contribution in [-0.2, 0) is 9.53 Å². The summed E-state index contributed by atoms with van der Waals surface area (Å²) < 4.78 is 5.45. The predicted octanol–water partition coefficient (Wildman–Crippen LogP) is 4.31. The monoisotopic (exact) mass is 372 g/mol. The number of piperidine rings is 1. The number of ether oxygens (including phenoxy) is 1. The van der Waals surface area contributed by atoms with Crippen molar-refractivity contribution in [3.63, 3.8) is 0 Å². The molecule has 1 unspecified atom stereocenters. The Morgan fingerprint density at radius 1 is 1.00 bits per heavy atom. The number of rotatable bonds is 2. The van der Waals surface area contributed by atoms with Gasteiger partial charge in [0.05, 0.1) is 6.04 Å². The van der Waals surface area contributed by atoms with Crippen molar-refractivity contribution in [1.29, 1.82) is 0 Å². The lowest BCUT2D eigenvalue weighted by Crippen LogP contribution is -2.45. The summed E-state index contributed by atoms with van der Waals surface area (Å²) >= 11 is 0. The summed E-state index contributed by atoms with van der Waals surface area (Å²) in [6.45, 7) is 9.73. The van der Waals surface area contributed by atoms with Crippen LogP contribution in [0.2, 0.25) is 0 Å². The number of hydrogen-bond acceptors (Lipinski definition) is 3. The van der Waals surface area contributed by atoms with Crippen molar-refractivity contribution in [2.75, 3.05) is 19.6 Å². The molecular weight excluding hydrogens is 340 g/mol. The molecule has 0 aromatic heterocycles. The molecule has 1 aromatic carbocycles. The molecule has 3 rings (SSSR count). The van der Waals surface area contributed by atoms with E-state index in [0.717, 1.165) is 32.2 Å². The minimum atomic E-state index is -0.486. The minimum absolute atomic E-state index is 0.00901. The van der Waals surface area contributed by atoms with E-state index in [9.17, 15) is 9.59 Å². The lowest BCUT2D eigenvalue weighted by molar-refractivity contribution is -0.138. The van der Waals surface area contributed by atoms with E-state index in [-0.39, 0.29) is 24.0 Å². The molecule has 5 heteroatoms. The smallest absolute Gasteiger partial charge is 0.410 e. The van der Waals surface area contributed by atoms with E-state index in [1.54, 1.807) is 4.90 Å². The Kier molecular flexibility index (Phi) is 5.78. The molecule has 0 saturated carbocycles. The molecule has 0 radical (unpaired) electrons. The van der Waals surface area contributed by atoms with Crippen molar-refractivity contribution in [2.45, 2.75) is 65.0 Å². The van der Waals surface area contributed by atoms with Crippen molar-refractivity contribution >= 4 is 12.0 Å². The molecule has 0 spiro atoms. The van der Waals surface area contributed by atoms with Gasteiger partial charge in [0.15, 0.2) is 0 Å². The van der Waals surface area contributed by atoms with Gasteiger partial charge in [0.25, 0.3) is 0 Å². The van der Waals surface area contributed by atoms with Gasteiger partial charge in [-0.1, -0.05) is 29.8 Å². The van der Waals surface area contributed by atoms with Gasteiger partial charge in [0.1, 0.15) is 5.60 Å². The van der Waals surface area contributed by atoms with E-state index in [2.05, 4.69) is 36.1 Å². The van der Waals surface area contributed by atoms with E-state index < -0.39 is 5.60 Å². The second kappa shape index (κ2) is 7.91. The molecule has 27 heavy (non-hydrogen) atoms. The summed E-state index contributed by atoms with van der Waals surface area (Å²) in [4.78, 5) is 29.2. The van der Waals surface area contributed by atoms with Crippen LogP contribution in [0.1, 0.15) is 63.6 Å². The number of nitrogens with zero attached hydrogens (tertiary/aromatic N) is 2. The zero-order valence-electron chi connectivity index (χ0n) is 17.0. The van der Waals surface area contributed by atoms with Gasteiger partial charge in [-0.2, -0.15) is 0 Å². The lowest BCUT2D eigenvalue weighted by atomic mass is 9.94. The number of carbonyl (C=O) groups is 2. The van der Waals surface area contributed by atoms with E-state index in [0.29, 0.717) is 13.1 Å². The van der Waals surface area contributed by atoms with Crippen LogP contribution < -0.4 is 0 Å². The molecule has 1 aromatic rings. The largest absolute Gasteiger partial charge is 0.444 e. The van der Waals surface area contributed by atoms with Crippen molar-refractivity contribution in [2.24, 2.45) is 5.92 Å². The molecular formula is C22H32N2O3. The van der Waals surface area contributed by atoms with Gasteiger partial charge >= 0.3 is 6.09 Å². The summed E-state index contributed by atoms with van der Waals surface area (Å²) in [5.74, 6) is 0.261. The summed E-state index contributed by atoms with van der Waals surface area (Å²) in [5, 5.41) is 0. The third kappa shape index (κ3) is 4.82. The summed E-state index contributed by atoms with van der Waals surface area (Å²) in [6, 6.07) is 8.74. The average Bonchev–Trinajstić information content (AvgIpc) is 3.10. The zero-order chi connectivity index (χ0) is 19.6. The molecule has 0 N–H and O–H groups in total. The first kappa shape index (κ1) is 19.7. The molecule has 0 bridgehead atoms. The van der Waals surface area contributed by atoms with Gasteiger partial charge in [-0.25, -0.2) is 4.79 Å².